The van der Waals surface area contributed by atoms with Crippen molar-refractivity contribution in [3.63, 3.8) is 0 Å². The molecule has 0 saturated heterocycles. The van der Waals surface area contributed by atoms with Crippen LogP contribution in [0.2, 0.25) is 0 Å². The molecule has 0 aliphatic carbocycles. The molecule has 0 spiro atoms. The van der Waals surface area contributed by atoms with E-state index >= 15 is 0 Å². The molecule has 2 rings (SSSR count). The molecule has 158 valence electrons. The summed E-state index contributed by atoms with van der Waals surface area (Å²) in [6, 6.07) is 14.4. The zero-order valence-corrected chi connectivity index (χ0v) is 14.0. The standard InChI is InChI=1S/C12H10N2O.2C2HF3O2/c15-12(10-6-2-1-3-7-10)14-11-8-4-5-9-13-11;2*3-2(4,5)1(6)7/h1-9H,(H,13,14,15);2*(H,6,7). The molecule has 1 heterocycles. The fourth-order valence-corrected chi connectivity index (χ4v) is 1.21. The highest BCUT2D eigenvalue weighted by atomic mass is 19.4. The maximum atomic E-state index is 11.7. The van der Waals surface area contributed by atoms with Crippen molar-refractivity contribution < 1.29 is 50.9 Å². The van der Waals surface area contributed by atoms with Crippen LogP contribution >= 0.6 is 0 Å². The van der Waals surface area contributed by atoms with E-state index in [-0.39, 0.29) is 5.91 Å². The molecular formula is C16H12F6N2O5. The van der Waals surface area contributed by atoms with Gasteiger partial charge in [-0.1, -0.05) is 24.3 Å². The Balaban J connectivity index is 0.000000473. The number of carboxylic acid groups (broad SMARTS) is 2. The van der Waals surface area contributed by atoms with E-state index in [2.05, 4.69) is 10.3 Å². The molecule has 0 fully saturated rings. The van der Waals surface area contributed by atoms with Crippen LogP contribution < -0.4 is 5.32 Å². The van der Waals surface area contributed by atoms with Crippen molar-refractivity contribution in [3.8, 4) is 0 Å². The first kappa shape index (κ1) is 25.4. The molecule has 0 atom stereocenters. The minimum Gasteiger partial charge on any atom is -0.475 e. The number of rotatable bonds is 2. The molecule has 0 aliphatic rings. The number of carbonyl (C=O) groups is 3. The molecule has 0 bridgehead atoms. The first-order chi connectivity index (χ1) is 13.2. The average Bonchev–Trinajstić information content (AvgIpc) is 2.63. The molecular weight excluding hydrogens is 414 g/mol. The number of anilines is 1. The predicted molar refractivity (Wildman–Crippen MR) is 86.0 cm³/mol. The van der Waals surface area contributed by atoms with Crippen molar-refractivity contribution in [3.05, 3.63) is 60.3 Å². The molecule has 3 N–H and O–H groups in total. The second kappa shape index (κ2) is 11.3. The number of nitrogens with zero attached hydrogens (tertiary/aromatic N) is 1. The van der Waals surface area contributed by atoms with Crippen molar-refractivity contribution >= 4 is 23.7 Å². The van der Waals surface area contributed by atoms with Crippen LogP contribution in [0.25, 0.3) is 0 Å². The lowest BCUT2D eigenvalue weighted by Crippen LogP contribution is -2.21. The van der Waals surface area contributed by atoms with Gasteiger partial charge in [0, 0.05) is 11.8 Å². The van der Waals surface area contributed by atoms with Gasteiger partial charge in [-0.15, -0.1) is 0 Å². The number of aromatic nitrogens is 1. The summed E-state index contributed by atoms with van der Waals surface area (Å²) in [5.74, 6) is -5.10. The molecule has 29 heavy (non-hydrogen) atoms. The van der Waals surface area contributed by atoms with Crippen LogP contribution in [0.15, 0.2) is 54.7 Å². The molecule has 1 aromatic heterocycles. The van der Waals surface area contributed by atoms with Crippen LogP contribution in [-0.2, 0) is 9.59 Å². The number of carbonyl (C=O) groups excluding carboxylic acids is 1. The summed E-state index contributed by atoms with van der Waals surface area (Å²) >= 11 is 0. The summed E-state index contributed by atoms with van der Waals surface area (Å²) in [6.07, 6.45) is -8.53. The van der Waals surface area contributed by atoms with E-state index in [4.69, 9.17) is 19.8 Å². The Kier molecular flexibility index (Phi) is 9.85. The Morgan fingerprint density at radius 1 is 0.759 bits per heavy atom. The highest BCUT2D eigenvalue weighted by Crippen LogP contribution is 2.13. The fraction of sp³-hybridized carbons (Fsp3) is 0.125. The summed E-state index contributed by atoms with van der Waals surface area (Å²) in [5.41, 5.74) is 0.628. The van der Waals surface area contributed by atoms with Gasteiger partial charge in [0.25, 0.3) is 5.91 Å². The second-order valence-corrected chi connectivity index (χ2v) is 4.64. The number of aliphatic carboxylic acids is 2. The minimum atomic E-state index is -5.08. The van der Waals surface area contributed by atoms with Gasteiger partial charge in [-0.05, 0) is 24.3 Å². The summed E-state index contributed by atoms with van der Waals surface area (Å²) in [5, 5.41) is 17.0. The third-order valence-corrected chi connectivity index (χ3v) is 2.43. The van der Waals surface area contributed by atoms with E-state index < -0.39 is 24.3 Å². The average molecular weight is 426 g/mol. The summed E-state index contributed by atoms with van der Waals surface area (Å²) < 4.78 is 63.5. The van der Waals surface area contributed by atoms with Crippen LogP contribution in [0.5, 0.6) is 0 Å². The van der Waals surface area contributed by atoms with E-state index in [9.17, 15) is 31.1 Å². The zero-order valence-electron chi connectivity index (χ0n) is 14.0. The van der Waals surface area contributed by atoms with Gasteiger partial charge in [-0.25, -0.2) is 14.6 Å². The minimum absolute atomic E-state index is 0.144. The van der Waals surface area contributed by atoms with Crippen molar-refractivity contribution in [1.29, 1.82) is 0 Å². The van der Waals surface area contributed by atoms with Crippen LogP contribution in [0, 0.1) is 0 Å². The Morgan fingerprint density at radius 2 is 1.17 bits per heavy atom. The van der Waals surface area contributed by atoms with Crippen LogP contribution in [-0.4, -0.2) is 45.4 Å². The highest BCUT2D eigenvalue weighted by Gasteiger charge is 2.38. The highest BCUT2D eigenvalue weighted by molar-refractivity contribution is 6.03. The van der Waals surface area contributed by atoms with Crippen LogP contribution in [0.4, 0.5) is 32.2 Å². The maximum Gasteiger partial charge on any atom is 0.490 e. The topological polar surface area (TPSA) is 117 Å². The number of carboxylic acids is 2. The van der Waals surface area contributed by atoms with Gasteiger partial charge in [0.2, 0.25) is 0 Å². The fourth-order valence-electron chi connectivity index (χ4n) is 1.21. The number of benzene rings is 1. The summed E-state index contributed by atoms with van der Waals surface area (Å²) in [6.45, 7) is 0. The van der Waals surface area contributed by atoms with Crippen molar-refractivity contribution in [2.75, 3.05) is 5.32 Å². The number of pyridine rings is 1. The normalized spacial score (nSPS) is 10.4. The lowest BCUT2D eigenvalue weighted by atomic mass is 10.2. The Morgan fingerprint density at radius 3 is 1.52 bits per heavy atom. The van der Waals surface area contributed by atoms with Crippen molar-refractivity contribution in [2.24, 2.45) is 0 Å². The monoisotopic (exact) mass is 426 g/mol. The molecule has 1 aromatic carbocycles. The van der Waals surface area contributed by atoms with Gasteiger partial charge >= 0.3 is 24.3 Å². The maximum absolute atomic E-state index is 11.7. The number of halogens is 6. The first-order valence-corrected chi connectivity index (χ1v) is 7.12. The molecule has 0 unspecified atom stereocenters. The van der Waals surface area contributed by atoms with E-state index in [0.29, 0.717) is 11.4 Å². The molecule has 13 heteroatoms. The number of alkyl halides is 6. The Labute approximate surface area is 158 Å². The van der Waals surface area contributed by atoms with Crippen molar-refractivity contribution in [1.82, 2.24) is 4.98 Å². The predicted octanol–water partition coefficient (Wildman–Crippen LogP) is 3.60. The third-order valence-electron chi connectivity index (χ3n) is 2.43. The molecule has 0 saturated carbocycles. The molecule has 0 aliphatic heterocycles. The van der Waals surface area contributed by atoms with Gasteiger partial charge in [-0.3, -0.25) is 4.79 Å². The Hall–Kier alpha value is -3.64. The van der Waals surface area contributed by atoms with Gasteiger partial charge < -0.3 is 15.5 Å². The van der Waals surface area contributed by atoms with E-state index in [0.717, 1.165) is 0 Å². The van der Waals surface area contributed by atoms with Gasteiger partial charge in [0.1, 0.15) is 5.82 Å². The number of hydrogen-bond acceptors (Lipinski definition) is 4. The van der Waals surface area contributed by atoms with E-state index in [1.807, 2.05) is 24.3 Å². The number of amides is 1. The molecule has 1 amide bonds. The van der Waals surface area contributed by atoms with E-state index in [1.54, 1.807) is 30.5 Å². The summed E-state index contributed by atoms with van der Waals surface area (Å²) in [4.78, 5) is 33.5. The Bertz CT molecular complexity index is 771. The zero-order chi connectivity index (χ0) is 22.7. The summed E-state index contributed by atoms with van der Waals surface area (Å²) in [7, 11) is 0. The van der Waals surface area contributed by atoms with E-state index in [1.165, 1.54) is 0 Å². The smallest absolute Gasteiger partial charge is 0.475 e. The SMILES string of the molecule is O=C(Nc1ccccn1)c1ccccc1.O=C(O)C(F)(F)F.O=C(O)C(F)(F)F. The largest absolute Gasteiger partial charge is 0.490 e. The third kappa shape index (κ3) is 11.6. The lowest BCUT2D eigenvalue weighted by Gasteiger charge is -2.02. The van der Waals surface area contributed by atoms with Crippen LogP contribution in [0.3, 0.4) is 0 Å². The van der Waals surface area contributed by atoms with Gasteiger partial charge in [0.15, 0.2) is 0 Å². The van der Waals surface area contributed by atoms with Gasteiger partial charge in [-0.2, -0.15) is 26.3 Å². The quantitative estimate of drug-likeness (QED) is 0.632. The van der Waals surface area contributed by atoms with Crippen LogP contribution in [0.1, 0.15) is 10.4 Å². The second-order valence-electron chi connectivity index (χ2n) is 4.64. The molecule has 7 nitrogen and oxygen atoms in total. The van der Waals surface area contributed by atoms with Gasteiger partial charge in [0.05, 0.1) is 0 Å². The first-order valence-electron chi connectivity index (χ1n) is 7.12. The molecule has 2 aromatic rings. The lowest BCUT2D eigenvalue weighted by molar-refractivity contribution is -0.193. The number of hydrogen-bond donors (Lipinski definition) is 3. The van der Waals surface area contributed by atoms with Crippen molar-refractivity contribution in [2.45, 2.75) is 12.4 Å². The number of nitrogens with one attached hydrogen (secondary N) is 1. The molecule has 0 radical (unpaired) electrons.